The molecular weight excluding hydrogens is 368 g/mol. The molecule has 142 valence electrons. The summed E-state index contributed by atoms with van der Waals surface area (Å²) in [6, 6.07) is 11.1. The first-order valence-electron chi connectivity index (χ1n) is 8.46. The van der Waals surface area contributed by atoms with Gasteiger partial charge >= 0.3 is 0 Å². The predicted octanol–water partition coefficient (Wildman–Crippen LogP) is 1.19. The maximum Gasteiger partial charge on any atom is 0.272 e. The molecule has 1 aromatic heterocycles. The number of nitrogens with zero attached hydrogens (tertiary/aromatic N) is 3. The Hall–Kier alpha value is -2.78. The molecule has 1 fully saturated rings. The number of sulfonamides is 1. The van der Waals surface area contributed by atoms with Crippen molar-refractivity contribution in [2.24, 2.45) is 0 Å². The number of nitrogens with one attached hydrogen (secondary N) is 1. The second-order valence-electron chi connectivity index (χ2n) is 6.12. The van der Waals surface area contributed by atoms with Crippen LogP contribution in [0.4, 0.5) is 5.69 Å². The molecule has 0 atom stereocenters. The van der Waals surface area contributed by atoms with E-state index in [9.17, 15) is 18.0 Å². The van der Waals surface area contributed by atoms with Crippen molar-refractivity contribution in [3.8, 4) is 0 Å². The molecule has 8 nitrogen and oxygen atoms in total. The summed E-state index contributed by atoms with van der Waals surface area (Å²) in [5.74, 6) is -0.424. The van der Waals surface area contributed by atoms with Crippen molar-refractivity contribution >= 4 is 27.5 Å². The van der Waals surface area contributed by atoms with E-state index in [1.165, 1.54) is 23.4 Å². The van der Waals surface area contributed by atoms with E-state index in [4.69, 9.17) is 0 Å². The minimum Gasteiger partial charge on any atom is -0.335 e. The number of piperazine rings is 1. The third-order valence-electron chi connectivity index (χ3n) is 4.22. The molecule has 27 heavy (non-hydrogen) atoms. The second-order valence-corrected chi connectivity index (χ2v) is 8.05. The number of anilines is 1. The highest BCUT2D eigenvalue weighted by Gasteiger charge is 2.30. The Bertz CT molecular complexity index is 922. The molecule has 2 amide bonds. The summed E-state index contributed by atoms with van der Waals surface area (Å²) in [5, 5.41) is 2.60. The van der Waals surface area contributed by atoms with E-state index in [-0.39, 0.29) is 29.8 Å². The molecule has 1 aromatic carbocycles. The Labute approximate surface area is 157 Å². The fraction of sp³-hybridized carbons (Fsp3) is 0.278. The fourth-order valence-corrected chi connectivity index (χ4v) is 4.27. The zero-order valence-electron chi connectivity index (χ0n) is 14.8. The molecule has 1 aliphatic heterocycles. The average Bonchev–Trinajstić information content (AvgIpc) is 2.68. The summed E-state index contributed by atoms with van der Waals surface area (Å²) in [4.78, 5) is 29.3. The van der Waals surface area contributed by atoms with Gasteiger partial charge in [-0.15, -0.1) is 0 Å². The van der Waals surface area contributed by atoms with Crippen LogP contribution in [0.3, 0.4) is 0 Å². The van der Waals surface area contributed by atoms with E-state index in [2.05, 4.69) is 10.3 Å². The second kappa shape index (κ2) is 7.85. The Morgan fingerprint density at radius 2 is 1.67 bits per heavy atom. The standard InChI is InChI=1S/C18H20N4O4S/c1-14(23)20-15-5-7-16(8-6-15)27(25,26)22-12-10-21(11-13-22)18(24)17-4-2-3-9-19-17/h2-9H,10-13H2,1H3,(H,20,23). The van der Waals surface area contributed by atoms with Crippen molar-refractivity contribution in [3.63, 3.8) is 0 Å². The number of carbonyl (C=O) groups excluding carboxylic acids is 2. The first kappa shape index (κ1) is 19.0. The molecule has 1 N–H and O–H groups in total. The third kappa shape index (κ3) is 4.32. The summed E-state index contributed by atoms with van der Waals surface area (Å²) in [7, 11) is -3.65. The van der Waals surface area contributed by atoms with Crippen LogP contribution < -0.4 is 5.32 Å². The van der Waals surface area contributed by atoms with Crippen LogP contribution in [0, 0.1) is 0 Å². The molecule has 9 heteroatoms. The summed E-state index contributed by atoms with van der Waals surface area (Å²) in [6.07, 6.45) is 1.55. The molecule has 1 saturated heterocycles. The van der Waals surface area contributed by atoms with Gasteiger partial charge in [-0.05, 0) is 36.4 Å². The van der Waals surface area contributed by atoms with Crippen molar-refractivity contribution in [1.29, 1.82) is 0 Å². The fourth-order valence-electron chi connectivity index (χ4n) is 2.85. The van der Waals surface area contributed by atoms with Gasteiger partial charge in [0.1, 0.15) is 5.69 Å². The van der Waals surface area contributed by atoms with Gasteiger partial charge < -0.3 is 10.2 Å². The van der Waals surface area contributed by atoms with Crippen LogP contribution in [0.5, 0.6) is 0 Å². The molecule has 0 unspecified atom stereocenters. The summed E-state index contributed by atoms with van der Waals surface area (Å²) >= 11 is 0. The monoisotopic (exact) mass is 388 g/mol. The quantitative estimate of drug-likeness (QED) is 0.848. The lowest BCUT2D eigenvalue weighted by molar-refractivity contribution is -0.114. The van der Waals surface area contributed by atoms with Gasteiger partial charge in [0.25, 0.3) is 5.91 Å². The van der Waals surface area contributed by atoms with E-state index < -0.39 is 10.0 Å². The number of hydrogen-bond acceptors (Lipinski definition) is 5. The number of carbonyl (C=O) groups is 2. The SMILES string of the molecule is CC(=O)Nc1ccc(S(=O)(=O)N2CCN(C(=O)c3ccccn3)CC2)cc1. The summed E-state index contributed by atoms with van der Waals surface area (Å²) in [5.41, 5.74) is 0.884. The van der Waals surface area contributed by atoms with Crippen molar-refractivity contribution in [1.82, 2.24) is 14.2 Å². The molecule has 3 rings (SSSR count). The average molecular weight is 388 g/mol. The molecule has 0 saturated carbocycles. The van der Waals surface area contributed by atoms with Crippen LogP contribution in [0.15, 0.2) is 53.6 Å². The Kier molecular flexibility index (Phi) is 5.52. The lowest BCUT2D eigenvalue weighted by Gasteiger charge is -2.33. The van der Waals surface area contributed by atoms with Gasteiger partial charge in [0, 0.05) is 45.0 Å². The Morgan fingerprint density at radius 3 is 2.22 bits per heavy atom. The van der Waals surface area contributed by atoms with E-state index in [0.717, 1.165) is 0 Å². The van der Waals surface area contributed by atoms with Crippen molar-refractivity contribution < 1.29 is 18.0 Å². The minimum atomic E-state index is -3.65. The lowest BCUT2D eigenvalue weighted by atomic mass is 10.3. The van der Waals surface area contributed by atoms with E-state index in [0.29, 0.717) is 24.5 Å². The van der Waals surface area contributed by atoms with Crippen LogP contribution in [-0.2, 0) is 14.8 Å². The number of benzene rings is 1. The maximum atomic E-state index is 12.8. The number of aromatic nitrogens is 1. The molecular formula is C18H20N4O4S. The molecule has 2 heterocycles. The highest BCUT2D eigenvalue weighted by atomic mass is 32.2. The molecule has 0 aliphatic carbocycles. The van der Waals surface area contributed by atoms with Gasteiger partial charge in [-0.3, -0.25) is 14.6 Å². The number of hydrogen-bond donors (Lipinski definition) is 1. The molecule has 0 bridgehead atoms. The van der Waals surface area contributed by atoms with Crippen molar-refractivity contribution in [2.45, 2.75) is 11.8 Å². The van der Waals surface area contributed by atoms with E-state index in [1.54, 1.807) is 41.4 Å². The maximum absolute atomic E-state index is 12.8. The van der Waals surface area contributed by atoms with Crippen molar-refractivity contribution in [2.75, 3.05) is 31.5 Å². The van der Waals surface area contributed by atoms with Crippen molar-refractivity contribution in [3.05, 3.63) is 54.4 Å². The molecule has 0 radical (unpaired) electrons. The van der Waals surface area contributed by atoms with Gasteiger partial charge in [0.05, 0.1) is 4.90 Å². The van der Waals surface area contributed by atoms with Crippen LogP contribution in [0.1, 0.15) is 17.4 Å². The topological polar surface area (TPSA) is 99.7 Å². The highest BCUT2D eigenvalue weighted by molar-refractivity contribution is 7.89. The highest BCUT2D eigenvalue weighted by Crippen LogP contribution is 2.20. The number of rotatable bonds is 4. The van der Waals surface area contributed by atoms with Crippen LogP contribution in [0.25, 0.3) is 0 Å². The lowest BCUT2D eigenvalue weighted by Crippen LogP contribution is -2.50. The Morgan fingerprint density at radius 1 is 1.00 bits per heavy atom. The first-order valence-corrected chi connectivity index (χ1v) is 9.90. The normalized spacial score (nSPS) is 15.4. The predicted molar refractivity (Wildman–Crippen MR) is 99.6 cm³/mol. The largest absolute Gasteiger partial charge is 0.335 e. The number of amides is 2. The first-order chi connectivity index (χ1) is 12.9. The third-order valence-corrected chi connectivity index (χ3v) is 6.14. The van der Waals surface area contributed by atoms with Gasteiger partial charge in [-0.1, -0.05) is 6.07 Å². The van der Waals surface area contributed by atoms with Gasteiger partial charge in [0.2, 0.25) is 15.9 Å². The van der Waals surface area contributed by atoms with Crippen LogP contribution in [0.2, 0.25) is 0 Å². The van der Waals surface area contributed by atoms with E-state index >= 15 is 0 Å². The van der Waals surface area contributed by atoms with Crippen LogP contribution >= 0.6 is 0 Å². The van der Waals surface area contributed by atoms with Gasteiger partial charge in [-0.25, -0.2) is 8.42 Å². The van der Waals surface area contributed by atoms with Gasteiger partial charge in [0.15, 0.2) is 0 Å². The zero-order valence-corrected chi connectivity index (χ0v) is 15.6. The molecule has 2 aromatic rings. The zero-order chi connectivity index (χ0) is 19.4. The summed E-state index contributed by atoms with van der Waals surface area (Å²) < 4.78 is 26.9. The molecule has 0 spiro atoms. The van der Waals surface area contributed by atoms with Crippen LogP contribution in [-0.4, -0.2) is 60.6 Å². The van der Waals surface area contributed by atoms with Gasteiger partial charge in [-0.2, -0.15) is 4.31 Å². The summed E-state index contributed by atoms with van der Waals surface area (Å²) in [6.45, 7) is 2.43. The Balaban J connectivity index is 1.66. The smallest absolute Gasteiger partial charge is 0.272 e. The van der Waals surface area contributed by atoms with E-state index in [1.807, 2.05) is 0 Å². The molecule has 1 aliphatic rings. The minimum absolute atomic E-state index is 0.154. The number of pyridine rings is 1.